The van der Waals surface area contributed by atoms with Gasteiger partial charge >= 0.3 is 5.97 Å². The van der Waals surface area contributed by atoms with Crippen molar-refractivity contribution in [3.63, 3.8) is 0 Å². The Kier molecular flexibility index (Phi) is 5.08. The maximum absolute atomic E-state index is 12.0. The average Bonchev–Trinajstić information content (AvgIpc) is 2.36. The Labute approximate surface area is 108 Å². The van der Waals surface area contributed by atoms with Crippen LogP contribution >= 0.6 is 0 Å². The van der Waals surface area contributed by atoms with Crippen LogP contribution in [-0.4, -0.2) is 18.9 Å². The van der Waals surface area contributed by atoms with Crippen LogP contribution in [0.1, 0.15) is 36.7 Å². The van der Waals surface area contributed by atoms with E-state index in [4.69, 9.17) is 0 Å². The molecule has 3 heteroatoms. The molecule has 1 rings (SSSR count). The summed E-state index contributed by atoms with van der Waals surface area (Å²) in [7, 11) is 1.29. The van der Waals surface area contributed by atoms with Crippen LogP contribution < -0.4 is 0 Å². The second kappa shape index (κ2) is 6.34. The number of ether oxygens (including phenoxy) is 1. The number of carbonyl (C=O) groups is 2. The molecule has 1 aromatic carbocycles. The molecule has 0 radical (unpaired) electrons. The van der Waals surface area contributed by atoms with E-state index >= 15 is 0 Å². The molecule has 0 N–H and O–H groups in total. The third-order valence-electron chi connectivity index (χ3n) is 2.83. The second-order valence-electron chi connectivity index (χ2n) is 4.90. The first-order valence-electron chi connectivity index (χ1n) is 6.16. The van der Waals surface area contributed by atoms with Crippen LogP contribution in [-0.2, 0) is 16.0 Å². The highest BCUT2D eigenvalue weighted by Gasteiger charge is 2.23. The number of rotatable bonds is 5. The van der Waals surface area contributed by atoms with Crippen LogP contribution in [0, 0.1) is 11.8 Å². The molecule has 0 amide bonds. The first-order valence-corrected chi connectivity index (χ1v) is 6.16. The second-order valence-corrected chi connectivity index (χ2v) is 4.90. The van der Waals surface area contributed by atoms with E-state index in [1.807, 2.05) is 12.1 Å². The third kappa shape index (κ3) is 3.69. The molecule has 0 saturated carbocycles. The van der Waals surface area contributed by atoms with Crippen molar-refractivity contribution < 1.29 is 14.3 Å². The molecule has 0 heterocycles. The van der Waals surface area contributed by atoms with Crippen molar-refractivity contribution in [1.82, 2.24) is 0 Å². The molecular weight excluding hydrogens is 228 g/mol. The lowest BCUT2D eigenvalue weighted by Crippen LogP contribution is -2.22. The van der Waals surface area contributed by atoms with E-state index in [1.54, 1.807) is 19.1 Å². The predicted octanol–water partition coefficient (Wildman–Crippen LogP) is 2.88. The number of methoxy groups -OCH3 is 1. The van der Waals surface area contributed by atoms with Crippen molar-refractivity contribution in [2.75, 3.05) is 7.11 Å². The summed E-state index contributed by atoms with van der Waals surface area (Å²) >= 11 is 0. The highest BCUT2D eigenvalue weighted by atomic mass is 16.5. The van der Waals surface area contributed by atoms with E-state index in [-0.39, 0.29) is 5.78 Å². The van der Waals surface area contributed by atoms with Gasteiger partial charge < -0.3 is 4.74 Å². The van der Waals surface area contributed by atoms with E-state index in [2.05, 4.69) is 18.6 Å². The van der Waals surface area contributed by atoms with Crippen molar-refractivity contribution in [1.29, 1.82) is 0 Å². The Morgan fingerprint density at radius 3 is 2.11 bits per heavy atom. The number of carbonyl (C=O) groups excluding carboxylic acids is 2. The number of ketones is 1. The summed E-state index contributed by atoms with van der Waals surface area (Å²) in [5, 5.41) is 0. The first kappa shape index (κ1) is 14.4. The summed E-state index contributed by atoms with van der Waals surface area (Å²) in [5.41, 5.74) is 1.76. The van der Waals surface area contributed by atoms with Gasteiger partial charge in [0.05, 0.1) is 7.11 Å². The Hall–Kier alpha value is -1.64. The molecule has 0 fully saturated rings. The SMILES string of the molecule is COC(=O)C(C)C(=O)c1ccc(CC(C)C)cc1. The summed E-state index contributed by atoms with van der Waals surface area (Å²) in [6.07, 6.45) is 0.987. The van der Waals surface area contributed by atoms with E-state index in [0.717, 1.165) is 6.42 Å². The minimum Gasteiger partial charge on any atom is -0.468 e. The molecule has 1 aromatic rings. The van der Waals surface area contributed by atoms with Crippen molar-refractivity contribution >= 4 is 11.8 Å². The van der Waals surface area contributed by atoms with Gasteiger partial charge in [-0.05, 0) is 24.8 Å². The fraction of sp³-hybridized carbons (Fsp3) is 0.467. The lowest BCUT2D eigenvalue weighted by atomic mass is 9.96. The number of benzene rings is 1. The highest BCUT2D eigenvalue weighted by Crippen LogP contribution is 2.14. The van der Waals surface area contributed by atoms with Gasteiger partial charge in [-0.25, -0.2) is 0 Å². The summed E-state index contributed by atoms with van der Waals surface area (Å²) in [4.78, 5) is 23.3. The molecule has 0 aromatic heterocycles. The molecule has 98 valence electrons. The van der Waals surface area contributed by atoms with Gasteiger partial charge in [-0.3, -0.25) is 9.59 Å². The van der Waals surface area contributed by atoms with E-state index in [9.17, 15) is 9.59 Å². The smallest absolute Gasteiger partial charge is 0.316 e. The van der Waals surface area contributed by atoms with Crippen LogP contribution in [0.15, 0.2) is 24.3 Å². The Bertz CT molecular complexity index is 418. The average molecular weight is 248 g/mol. The molecule has 0 saturated heterocycles. The predicted molar refractivity (Wildman–Crippen MR) is 70.5 cm³/mol. The minimum atomic E-state index is -0.744. The Balaban J connectivity index is 2.79. The van der Waals surface area contributed by atoms with Crippen molar-refractivity contribution in [3.8, 4) is 0 Å². The van der Waals surface area contributed by atoms with Crippen LogP contribution in [0.25, 0.3) is 0 Å². The molecule has 1 atom stereocenters. The van der Waals surface area contributed by atoms with Gasteiger partial charge in [0.2, 0.25) is 0 Å². The molecule has 0 bridgehead atoms. The topological polar surface area (TPSA) is 43.4 Å². The molecule has 18 heavy (non-hydrogen) atoms. The van der Waals surface area contributed by atoms with E-state index in [0.29, 0.717) is 11.5 Å². The maximum Gasteiger partial charge on any atom is 0.316 e. The molecule has 1 unspecified atom stereocenters. The monoisotopic (exact) mass is 248 g/mol. The number of hydrogen-bond donors (Lipinski definition) is 0. The molecule has 0 aliphatic heterocycles. The summed E-state index contributed by atoms with van der Waals surface area (Å²) < 4.78 is 4.57. The first-order chi connectivity index (χ1) is 8.45. The van der Waals surface area contributed by atoms with Gasteiger partial charge in [-0.1, -0.05) is 38.1 Å². The van der Waals surface area contributed by atoms with Gasteiger partial charge in [0.25, 0.3) is 0 Å². The van der Waals surface area contributed by atoms with Crippen molar-refractivity contribution in [2.24, 2.45) is 11.8 Å². The Morgan fingerprint density at radius 1 is 1.11 bits per heavy atom. The quantitative estimate of drug-likeness (QED) is 0.457. The third-order valence-corrected chi connectivity index (χ3v) is 2.83. The summed E-state index contributed by atoms with van der Waals surface area (Å²) in [5.74, 6) is -0.851. The molecule has 0 spiro atoms. The van der Waals surface area contributed by atoms with Gasteiger partial charge in [0, 0.05) is 5.56 Å². The van der Waals surface area contributed by atoms with Crippen LogP contribution in [0.4, 0.5) is 0 Å². The number of Topliss-reactive ketones (excluding diaryl/α,β-unsaturated/α-hetero) is 1. The van der Waals surface area contributed by atoms with Gasteiger partial charge in [-0.2, -0.15) is 0 Å². The van der Waals surface area contributed by atoms with Gasteiger partial charge in [0.1, 0.15) is 5.92 Å². The fourth-order valence-electron chi connectivity index (χ4n) is 1.81. The van der Waals surface area contributed by atoms with E-state index in [1.165, 1.54) is 12.7 Å². The number of esters is 1. The van der Waals surface area contributed by atoms with Crippen LogP contribution in [0.2, 0.25) is 0 Å². The van der Waals surface area contributed by atoms with Crippen LogP contribution in [0.3, 0.4) is 0 Å². The fourth-order valence-corrected chi connectivity index (χ4v) is 1.81. The minimum absolute atomic E-state index is 0.196. The molecule has 0 aliphatic carbocycles. The van der Waals surface area contributed by atoms with E-state index < -0.39 is 11.9 Å². The standard InChI is InChI=1S/C15H20O3/c1-10(2)9-12-5-7-13(8-6-12)14(16)11(3)15(17)18-4/h5-8,10-11H,9H2,1-4H3. The normalized spacial score (nSPS) is 12.3. The Morgan fingerprint density at radius 2 is 1.67 bits per heavy atom. The number of hydrogen-bond acceptors (Lipinski definition) is 3. The zero-order valence-corrected chi connectivity index (χ0v) is 11.4. The molecular formula is C15H20O3. The molecule has 0 aliphatic rings. The highest BCUT2D eigenvalue weighted by molar-refractivity contribution is 6.08. The zero-order chi connectivity index (χ0) is 13.7. The van der Waals surface area contributed by atoms with Crippen LogP contribution in [0.5, 0.6) is 0 Å². The maximum atomic E-state index is 12.0. The van der Waals surface area contributed by atoms with Crippen molar-refractivity contribution in [2.45, 2.75) is 27.2 Å². The summed E-state index contributed by atoms with van der Waals surface area (Å²) in [6, 6.07) is 7.44. The zero-order valence-electron chi connectivity index (χ0n) is 11.4. The lowest BCUT2D eigenvalue weighted by Gasteiger charge is -2.09. The lowest BCUT2D eigenvalue weighted by molar-refractivity contribution is -0.143. The molecule has 3 nitrogen and oxygen atoms in total. The van der Waals surface area contributed by atoms with Gasteiger partial charge in [0.15, 0.2) is 5.78 Å². The largest absolute Gasteiger partial charge is 0.468 e. The van der Waals surface area contributed by atoms with Gasteiger partial charge in [-0.15, -0.1) is 0 Å². The summed E-state index contributed by atoms with van der Waals surface area (Å²) in [6.45, 7) is 5.87. The van der Waals surface area contributed by atoms with Crippen molar-refractivity contribution in [3.05, 3.63) is 35.4 Å².